The lowest BCUT2D eigenvalue weighted by Gasteiger charge is -2.24. The van der Waals surface area contributed by atoms with Crippen LogP contribution in [0.3, 0.4) is 0 Å². The molecule has 0 saturated heterocycles. The van der Waals surface area contributed by atoms with Crippen molar-refractivity contribution in [3.8, 4) is 0 Å². The van der Waals surface area contributed by atoms with Crippen molar-refractivity contribution < 1.29 is 0 Å². The van der Waals surface area contributed by atoms with Gasteiger partial charge in [0.25, 0.3) is 0 Å². The van der Waals surface area contributed by atoms with E-state index in [0.29, 0.717) is 0 Å². The molecule has 1 aromatic heterocycles. The highest BCUT2D eigenvalue weighted by atomic mass is 15.1. The second kappa shape index (κ2) is 3.61. The smallest absolute Gasteiger partial charge is 0.200 e. The molecule has 0 aromatic carbocycles. The number of aromatic amines is 1. The van der Waals surface area contributed by atoms with Gasteiger partial charge in [-0.05, 0) is 12.3 Å². The minimum absolute atomic E-state index is 0.898. The third-order valence-electron chi connectivity index (χ3n) is 2.57. The molecule has 0 amide bonds. The molecule has 0 unspecified atom stereocenters. The number of nitrogens with zero attached hydrogens (tertiary/aromatic N) is 1. The molecule has 0 bridgehead atoms. The molecule has 1 fully saturated rings. The Labute approximate surface area is 72.6 Å². The molecular weight excluding hydrogens is 150 g/mol. The van der Waals surface area contributed by atoms with Crippen molar-refractivity contribution in [1.82, 2.24) is 9.97 Å². The maximum Gasteiger partial charge on any atom is 0.200 e. The van der Waals surface area contributed by atoms with Crippen LogP contribution in [0.1, 0.15) is 25.7 Å². The molecule has 12 heavy (non-hydrogen) atoms. The fourth-order valence-electron chi connectivity index (χ4n) is 1.54. The molecule has 1 aliphatic rings. The molecular formula is C9H15N3. The van der Waals surface area contributed by atoms with E-state index in [1.807, 2.05) is 6.20 Å². The molecule has 3 heteroatoms. The molecule has 1 aliphatic carbocycles. The van der Waals surface area contributed by atoms with E-state index in [4.69, 9.17) is 0 Å². The topological polar surface area (TPSA) is 40.7 Å². The lowest BCUT2D eigenvalue weighted by atomic mass is 9.83. The summed E-state index contributed by atoms with van der Waals surface area (Å²) in [5.74, 6) is 1.88. The van der Waals surface area contributed by atoms with E-state index < -0.39 is 0 Å². The molecule has 66 valence electrons. The van der Waals surface area contributed by atoms with Gasteiger partial charge in [0.2, 0.25) is 0 Å². The summed E-state index contributed by atoms with van der Waals surface area (Å²) in [6.07, 6.45) is 9.20. The van der Waals surface area contributed by atoms with Crippen molar-refractivity contribution in [1.29, 1.82) is 0 Å². The molecule has 2 rings (SSSR count). The zero-order valence-electron chi connectivity index (χ0n) is 7.21. The maximum atomic E-state index is 4.09. The normalized spacial score (nSPS) is 17.3. The lowest BCUT2D eigenvalue weighted by molar-refractivity contribution is 0.303. The first kappa shape index (κ1) is 7.65. The number of rotatable bonds is 4. The Kier molecular flexibility index (Phi) is 2.30. The number of anilines is 1. The monoisotopic (exact) mass is 165 g/mol. The number of hydrogen-bond acceptors (Lipinski definition) is 2. The molecule has 0 aliphatic heterocycles. The van der Waals surface area contributed by atoms with Gasteiger partial charge in [-0.25, -0.2) is 4.98 Å². The Balaban J connectivity index is 1.62. The van der Waals surface area contributed by atoms with Crippen molar-refractivity contribution in [2.75, 3.05) is 11.9 Å². The first-order valence-electron chi connectivity index (χ1n) is 4.68. The van der Waals surface area contributed by atoms with Gasteiger partial charge in [-0.3, -0.25) is 0 Å². The highest BCUT2D eigenvalue weighted by Crippen LogP contribution is 2.28. The second-order valence-electron chi connectivity index (χ2n) is 3.45. The van der Waals surface area contributed by atoms with Crippen LogP contribution in [0.15, 0.2) is 12.4 Å². The van der Waals surface area contributed by atoms with Crippen molar-refractivity contribution >= 4 is 5.95 Å². The Morgan fingerprint density at radius 3 is 3.08 bits per heavy atom. The van der Waals surface area contributed by atoms with E-state index in [-0.39, 0.29) is 0 Å². The zero-order chi connectivity index (χ0) is 8.23. The summed E-state index contributed by atoms with van der Waals surface area (Å²) in [7, 11) is 0. The van der Waals surface area contributed by atoms with Gasteiger partial charge in [0, 0.05) is 18.9 Å². The summed E-state index contributed by atoms with van der Waals surface area (Å²) in [6.45, 7) is 1.05. The largest absolute Gasteiger partial charge is 0.356 e. The average molecular weight is 165 g/mol. The van der Waals surface area contributed by atoms with Gasteiger partial charge < -0.3 is 10.3 Å². The van der Waals surface area contributed by atoms with Gasteiger partial charge in [-0.2, -0.15) is 0 Å². The van der Waals surface area contributed by atoms with Crippen LogP contribution in [0.5, 0.6) is 0 Å². The fourth-order valence-corrected chi connectivity index (χ4v) is 1.54. The quantitative estimate of drug-likeness (QED) is 0.716. The number of nitrogens with one attached hydrogen (secondary N) is 2. The van der Waals surface area contributed by atoms with Gasteiger partial charge in [-0.15, -0.1) is 0 Å². The Morgan fingerprint density at radius 1 is 1.58 bits per heavy atom. The highest BCUT2D eigenvalue weighted by molar-refractivity contribution is 5.22. The van der Waals surface area contributed by atoms with Crippen LogP contribution in [0.2, 0.25) is 0 Å². The summed E-state index contributed by atoms with van der Waals surface area (Å²) in [5.41, 5.74) is 0. The van der Waals surface area contributed by atoms with Crippen LogP contribution in [0.25, 0.3) is 0 Å². The van der Waals surface area contributed by atoms with Crippen molar-refractivity contribution in [3.63, 3.8) is 0 Å². The van der Waals surface area contributed by atoms with Crippen LogP contribution >= 0.6 is 0 Å². The van der Waals surface area contributed by atoms with E-state index in [1.54, 1.807) is 6.20 Å². The van der Waals surface area contributed by atoms with E-state index >= 15 is 0 Å². The van der Waals surface area contributed by atoms with Crippen LogP contribution < -0.4 is 5.32 Å². The van der Waals surface area contributed by atoms with E-state index in [9.17, 15) is 0 Å². The number of H-pyrrole nitrogens is 1. The van der Waals surface area contributed by atoms with Gasteiger partial charge in [0.15, 0.2) is 5.95 Å². The summed E-state index contributed by atoms with van der Waals surface area (Å²) in [5, 5.41) is 3.26. The van der Waals surface area contributed by atoms with Crippen molar-refractivity contribution in [3.05, 3.63) is 12.4 Å². The molecule has 3 nitrogen and oxygen atoms in total. The Morgan fingerprint density at radius 2 is 2.50 bits per heavy atom. The molecule has 0 spiro atoms. The standard InChI is InChI=1S/C9H15N3/c1-2-8(3-1)4-5-10-9-11-6-7-12-9/h6-8H,1-5H2,(H2,10,11,12). The summed E-state index contributed by atoms with van der Waals surface area (Å²) in [4.78, 5) is 7.11. The molecule has 0 atom stereocenters. The second-order valence-corrected chi connectivity index (χ2v) is 3.45. The summed E-state index contributed by atoms with van der Waals surface area (Å²) >= 11 is 0. The zero-order valence-corrected chi connectivity index (χ0v) is 7.21. The fraction of sp³-hybridized carbons (Fsp3) is 0.667. The molecule has 2 N–H and O–H groups in total. The molecule has 1 saturated carbocycles. The molecule has 1 aromatic rings. The van der Waals surface area contributed by atoms with Gasteiger partial charge in [0.05, 0.1) is 0 Å². The predicted octanol–water partition coefficient (Wildman–Crippen LogP) is 2.01. The third kappa shape index (κ3) is 1.78. The van der Waals surface area contributed by atoms with Crippen LogP contribution in [0, 0.1) is 5.92 Å². The maximum absolute atomic E-state index is 4.09. The summed E-state index contributed by atoms with van der Waals surface area (Å²) in [6, 6.07) is 0. The average Bonchev–Trinajstić information content (AvgIpc) is 2.46. The lowest BCUT2D eigenvalue weighted by Crippen LogP contribution is -2.15. The first-order valence-corrected chi connectivity index (χ1v) is 4.68. The third-order valence-corrected chi connectivity index (χ3v) is 2.57. The van der Waals surface area contributed by atoms with E-state index in [2.05, 4.69) is 15.3 Å². The minimum atomic E-state index is 0.898. The highest BCUT2D eigenvalue weighted by Gasteiger charge is 2.16. The van der Waals surface area contributed by atoms with Crippen molar-refractivity contribution in [2.45, 2.75) is 25.7 Å². The number of imidazole rings is 1. The Bertz CT molecular complexity index is 214. The van der Waals surface area contributed by atoms with Crippen LogP contribution in [-0.4, -0.2) is 16.5 Å². The summed E-state index contributed by atoms with van der Waals surface area (Å²) < 4.78 is 0. The molecule has 0 radical (unpaired) electrons. The SMILES string of the molecule is c1c[nH]c(NCCC2CCC2)n1. The first-order chi connectivity index (χ1) is 5.95. The minimum Gasteiger partial charge on any atom is -0.356 e. The van der Waals surface area contributed by atoms with E-state index in [1.165, 1.54) is 25.7 Å². The number of aromatic nitrogens is 2. The number of hydrogen-bond donors (Lipinski definition) is 2. The van der Waals surface area contributed by atoms with Gasteiger partial charge >= 0.3 is 0 Å². The van der Waals surface area contributed by atoms with Crippen LogP contribution in [-0.2, 0) is 0 Å². The predicted molar refractivity (Wildman–Crippen MR) is 49.0 cm³/mol. The van der Waals surface area contributed by atoms with Gasteiger partial charge in [0.1, 0.15) is 0 Å². The van der Waals surface area contributed by atoms with Crippen LogP contribution in [0.4, 0.5) is 5.95 Å². The van der Waals surface area contributed by atoms with E-state index in [0.717, 1.165) is 18.4 Å². The Hall–Kier alpha value is -0.990. The molecule has 1 heterocycles. The van der Waals surface area contributed by atoms with Crippen molar-refractivity contribution in [2.24, 2.45) is 5.92 Å². The van der Waals surface area contributed by atoms with Gasteiger partial charge in [-0.1, -0.05) is 19.3 Å².